The lowest BCUT2D eigenvalue weighted by Crippen LogP contribution is -2.22. The Bertz CT molecular complexity index is 1200. The van der Waals surface area contributed by atoms with Gasteiger partial charge in [-0.05, 0) is 25.1 Å². The normalized spacial score (nSPS) is 13.9. The first-order valence-corrected chi connectivity index (χ1v) is 8.46. The fourth-order valence-corrected chi connectivity index (χ4v) is 3.75. The summed E-state index contributed by atoms with van der Waals surface area (Å²) in [5.74, 6) is 0.196. The van der Waals surface area contributed by atoms with Crippen molar-refractivity contribution in [1.82, 2.24) is 9.55 Å². The van der Waals surface area contributed by atoms with Gasteiger partial charge < -0.3 is 5.11 Å². The van der Waals surface area contributed by atoms with E-state index in [1.165, 1.54) is 11.3 Å². The summed E-state index contributed by atoms with van der Waals surface area (Å²) in [6, 6.07) is 12.9. The number of pyridine rings is 1. The minimum absolute atomic E-state index is 0.00773. The van der Waals surface area contributed by atoms with E-state index in [1.54, 1.807) is 23.7 Å². The summed E-state index contributed by atoms with van der Waals surface area (Å²) in [5.41, 5.74) is 1.27. The summed E-state index contributed by atoms with van der Waals surface area (Å²) in [7, 11) is 1.70. The molecule has 0 saturated carbocycles. The number of aromatic hydroxyl groups is 1. The van der Waals surface area contributed by atoms with Crippen molar-refractivity contribution in [2.24, 2.45) is 17.0 Å². The maximum Gasteiger partial charge on any atom is 0.279 e. The van der Waals surface area contributed by atoms with Gasteiger partial charge in [-0.15, -0.1) is 0 Å². The highest BCUT2D eigenvalue weighted by Gasteiger charge is 2.24. The van der Waals surface area contributed by atoms with Gasteiger partial charge in [-0.1, -0.05) is 35.6 Å². The maximum absolute atomic E-state index is 12.3. The molecule has 0 atom stereocenters. The molecule has 0 unspecified atom stereocenters. The van der Waals surface area contributed by atoms with Crippen LogP contribution in [0.25, 0.3) is 5.57 Å². The predicted octanol–water partition coefficient (Wildman–Crippen LogP) is 1.09. The van der Waals surface area contributed by atoms with E-state index in [0.717, 1.165) is 10.9 Å². The van der Waals surface area contributed by atoms with Crippen molar-refractivity contribution < 1.29 is 9.90 Å². The third-order valence-corrected chi connectivity index (χ3v) is 5.06. The number of hydrogen-bond donors (Lipinski definition) is 1. The lowest BCUT2D eigenvalue weighted by Gasteiger charge is -1.98. The Morgan fingerprint density at radius 3 is 2.76 bits per heavy atom. The minimum atomic E-state index is -0.349. The molecule has 1 aliphatic heterocycles. The molecule has 1 aromatic carbocycles. The minimum Gasteiger partial charge on any atom is -0.493 e. The van der Waals surface area contributed by atoms with Gasteiger partial charge in [-0.2, -0.15) is 0 Å². The molecule has 2 aromatic heterocycles. The quantitative estimate of drug-likeness (QED) is 0.751. The highest BCUT2D eigenvalue weighted by atomic mass is 32.1. The summed E-state index contributed by atoms with van der Waals surface area (Å²) >= 11 is 1.24. The second-order valence-electron chi connectivity index (χ2n) is 5.65. The second-order valence-corrected chi connectivity index (χ2v) is 6.63. The molecule has 1 aliphatic rings. The van der Waals surface area contributed by atoms with Gasteiger partial charge in [0, 0.05) is 18.0 Å². The van der Waals surface area contributed by atoms with Crippen LogP contribution in [-0.2, 0) is 11.8 Å². The van der Waals surface area contributed by atoms with Gasteiger partial charge in [0.2, 0.25) is 5.88 Å². The van der Waals surface area contributed by atoms with Crippen molar-refractivity contribution >= 4 is 28.6 Å². The molecule has 0 bridgehead atoms. The SMILES string of the molecule is Cc1cccc(/N=c2/sc(C3=c4ccccc4=NC3=O)c(O)n2C)n1. The Labute approximate surface area is 146 Å². The van der Waals surface area contributed by atoms with Crippen molar-refractivity contribution in [3.63, 3.8) is 0 Å². The van der Waals surface area contributed by atoms with Crippen LogP contribution in [0.15, 0.2) is 52.4 Å². The summed E-state index contributed by atoms with van der Waals surface area (Å²) < 4.78 is 1.55. The van der Waals surface area contributed by atoms with Crippen molar-refractivity contribution in [3.8, 4) is 5.88 Å². The lowest BCUT2D eigenvalue weighted by molar-refractivity contribution is -0.112. The third-order valence-electron chi connectivity index (χ3n) is 3.92. The lowest BCUT2D eigenvalue weighted by atomic mass is 10.1. The van der Waals surface area contributed by atoms with E-state index in [4.69, 9.17) is 0 Å². The number of nitrogens with zero attached hydrogens (tertiary/aromatic N) is 4. The Morgan fingerprint density at radius 2 is 1.96 bits per heavy atom. The van der Waals surface area contributed by atoms with Gasteiger partial charge in [0.05, 0.1) is 10.9 Å². The van der Waals surface area contributed by atoms with Crippen LogP contribution in [0.1, 0.15) is 10.6 Å². The number of benzene rings is 1. The molecule has 1 N–H and O–H groups in total. The number of rotatable bonds is 2. The number of fused-ring (bicyclic) bond motifs is 1. The average Bonchev–Trinajstić information content (AvgIpc) is 3.05. The molecule has 0 aliphatic carbocycles. The Hall–Kier alpha value is -3.06. The van der Waals surface area contributed by atoms with E-state index in [-0.39, 0.29) is 11.8 Å². The maximum atomic E-state index is 12.3. The molecule has 0 radical (unpaired) electrons. The summed E-state index contributed by atoms with van der Waals surface area (Å²) in [5, 5.41) is 11.9. The first kappa shape index (κ1) is 15.5. The van der Waals surface area contributed by atoms with Crippen molar-refractivity contribution in [3.05, 3.63) is 68.4 Å². The molecule has 124 valence electrons. The monoisotopic (exact) mass is 350 g/mol. The average molecular weight is 350 g/mol. The molecular weight excluding hydrogens is 336 g/mol. The molecule has 25 heavy (non-hydrogen) atoms. The van der Waals surface area contributed by atoms with Gasteiger partial charge in [0.25, 0.3) is 5.91 Å². The van der Waals surface area contributed by atoms with Crippen LogP contribution in [0.5, 0.6) is 5.88 Å². The smallest absolute Gasteiger partial charge is 0.279 e. The van der Waals surface area contributed by atoms with E-state index >= 15 is 0 Å². The fourth-order valence-electron chi connectivity index (χ4n) is 2.68. The van der Waals surface area contributed by atoms with Crippen LogP contribution in [-0.4, -0.2) is 20.6 Å². The first-order valence-electron chi connectivity index (χ1n) is 7.64. The van der Waals surface area contributed by atoms with E-state index in [1.807, 2.05) is 37.3 Å². The summed E-state index contributed by atoms with van der Waals surface area (Å²) in [6.45, 7) is 1.89. The largest absolute Gasteiger partial charge is 0.493 e. The molecule has 3 aromatic rings. The van der Waals surface area contributed by atoms with Crippen LogP contribution in [0.2, 0.25) is 0 Å². The molecule has 6 nitrogen and oxygen atoms in total. The molecular formula is C18H14N4O2S. The van der Waals surface area contributed by atoms with Gasteiger partial charge in [0.1, 0.15) is 4.88 Å². The van der Waals surface area contributed by atoms with Crippen molar-refractivity contribution in [1.29, 1.82) is 0 Å². The standard InChI is InChI=1S/C18H14N4O2S/c1-10-6-5-9-13(19-10)21-18-22(2)17(24)15(25-18)14-11-7-3-4-8-12(11)20-16(14)23/h3-9,24H,1-2H3/b21-18+. The summed E-state index contributed by atoms with van der Waals surface area (Å²) in [4.78, 5) is 26.3. The van der Waals surface area contributed by atoms with Crippen molar-refractivity contribution in [2.45, 2.75) is 6.92 Å². The molecule has 7 heteroatoms. The number of hydrogen-bond acceptors (Lipinski definition) is 5. The molecule has 0 spiro atoms. The zero-order chi connectivity index (χ0) is 17.6. The second kappa shape index (κ2) is 5.78. The van der Waals surface area contributed by atoms with Gasteiger partial charge >= 0.3 is 0 Å². The first-order chi connectivity index (χ1) is 12.0. The molecule has 1 amide bonds. The zero-order valence-electron chi connectivity index (χ0n) is 13.6. The van der Waals surface area contributed by atoms with Gasteiger partial charge in [-0.25, -0.2) is 15.0 Å². The van der Waals surface area contributed by atoms with Crippen LogP contribution < -0.4 is 15.4 Å². The van der Waals surface area contributed by atoms with E-state index in [2.05, 4.69) is 15.0 Å². The summed E-state index contributed by atoms with van der Waals surface area (Å²) in [6.07, 6.45) is 0. The van der Waals surface area contributed by atoms with E-state index < -0.39 is 0 Å². The number of carbonyl (C=O) groups is 1. The number of para-hydroxylation sites is 1. The number of carbonyl (C=O) groups excluding carboxylic acids is 1. The van der Waals surface area contributed by atoms with Crippen LogP contribution in [0.4, 0.5) is 5.82 Å². The zero-order valence-corrected chi connectivity index (χ0v) is 14.4. The Balaban J connectivity index is 1.96. The fraction of sp³-hybridized carbons (Fsp3) is 0.111. The third kappa shape index (κ3) is 2.58. The molecule has 3 heterocycles. The molecule has 4 rings (SSSR count). The van der Waals surface area contributed by atoms with Gasteiger partial charge in [-0.3, -0.25) is 9.36 Å². The van der Waals surface area contributed by atoms with E-state index in [0.29, 0.717) is 26.4 Å². The van der Waals surface area contributed by atoms with Crippen LogP contribution >= 0.6 is 11.3 Å². The highest BCUT2D eigenvalue weighted by Crippen LogP contribution is 2.27. The van der Waals surface area contributed by atoms with E-state index in [9.17, 15) is 9.90 Å². The molecule has 0 fully saturated rings. The number of thiazole rings is 1. The number of aromatic nitrogens is 2. The van der Waals surface area contributed by atoms with Crippen molar-refractivity contribution in [2.75, 3.05) is 0 Å². The topological polar surface area (TPSA) is 79.8 Å². The number of aryl methyl sites for hydroxylation is 1. The number of amides is 1. The van der Waals surface area contributed by atoms with Gasteiger partial charge in [0.15, 0.2) is 10.6 Å². The predicted molar refractivity (Wildman–Crippen MR) is 93.9 cm³/mol. The van der Waals surface area contributed by atoms with Crippen LogP contribution in [0.3, 0.4) is 0 Å². The van der Waals surface area contributed by atoms with Crippen LogP contribution in [0, 0.1) is 6.92 Å². The Kier molecular flexibility index (Phi) is 3.58. The highest BCUT2D eigenvalue weighted by molar-refractivity contribution is 7.11. The Morgan fingerprint density at radius 1 is 1.16 bits per heavy atom. The molecule has 0 saturated heterocycles.